The van der Waals surface area contributed by atoms with Crippen molar-refractivity contribution in [1.82, 2.24) is 15.5 Å². The summed E-state index contributed by atoms with van der Waals surface area (Å²) in [5, 5.41) is 10.1. The average molecular weight is 325 g/mol. The molecule has 122 valence electrons. The quantitative estimate of drug-likeness (QED) is 0.870. The van der Waals surface area contributed by atoms with Crippen LogP contribution in [0.15, 0.2) is 0 Å². The lowest BCUT2D eigenvalue weighted by molar-refractivity contribution is 0.0940. The van der Waals surface area contributed by atoms with Crippen LogP contribution >= 0.6 is 0 Å². The normalized spacial score (nSPS) is 24.7. The zero-order valence-electron chi connectivity index (χ0n) is 12.9. The molecule has 1 aliphatic carbocycles. The number of rotatable bonds is 3. The van der Waals surface area contributed by atoms with Crippen molar-refractivity contribution in [3.8, 4) is 0 Å². The third kappa shape index (κ3) is 3.34. The highest BCUT2D eigenvalue weighted by Gasteiger charge is 2.27. The van der Waals surface area contributed by atoms with Crippen molar-refractivity contribution in [2.75, 3.05) is 18.1 Å². The molecule has 0 unspecified atom stereocenters. The molecule has 2 aliphatic rings. The SMILES string of the molecule is C[C@@H]1CCc2[nH]nc(C(=O)NCC3CCS(=O)(=O)CC3)c2C1. The maximum absolute atomic E-state index is 12.3. The Balaban J connectivity index is 1.58. The summed E-state index contributed by atoms with van der Waals surface area (Å²) < 4.78 is 22.8. The fourth-order valence-corrected chi connectivity index (χ4v) is 4.91. The van der Waals surface area contributed by atoms with Crippen LogP contribution < -0.4 is 5.32 Å². The maximum Gasteiger partial charge on any atom is 0.272 e. The number of H-pyrrole nitrogens is 1. The molecule has 1 amide bonds. The van der Waals surface area contributed by atoms with Gasteiger partial charge in [-0.2, -0.15) is 5.10 Å². The number of aromatic nitrogens is 2. The summed E-state index contributed by atoms with van der Waals surface area (Å²) in [6.45, 7) is 2.73. The number of carbonyl (C=O) groups is 1. The minimum atomic E-state index is -2.85. The van der Waals surface area contributed by atoms with Crippen molar-refractivity contribution in [3.63, 3.8) is 0 Å². The van der Waals surface area contributed by atoms with Gasteiger partial charge in [-0.1, -0.05) is 6.92 Å². The monoisotopic (exact) mass is 325 g/mol. The first kappa shape index (κ1) is 15.5. The van der Waals surface area contributed by atoms with Gasteiger partial charge in [-0.25, -0.2) is 8.42 Å². The van der Waals surface area contributed by atoms with Crippen molar-refractivity contribution in [2.24, 2.45) is 11.8 Å². The Morgan fingerprint density at radius 2 is 2.05 bits per heavy atom. The molecular formula is C15H23N3O3S. The van der Waals surface area contributed by atoms with E-state index < -0.39 is 9.84 Å². The number of nitrogens with zero attached hydrogens (tertiary/aromatic N) is 1. The second kappa shape index (κ2) is 6.02. The molecule has 2 N–H and O–H groups in total. The van der Waals surface area contributed by atoms with Crippen LogP contribution in [0, 0.1) is 11.8 Å². The van der Waals surface area contributed by atoms with E-state index in [2.05, 4.69) is 22.4 Å². The summed E-state index contributed by atoms with van der Waals surface area (Å²) in [5.74, 6) is 1.17. The van der Waals surface area contributed by atoms with Crippen LogP contribution in [0.2, 0.25) is 0 Å². The second-order valence-electron chi connectivity index (χ2n) is 6.68. The van der Waals surface area contributed by atoms with Crippen molar-refractivity contribution in [1.29, 1.82) is 0 Å². The van der Waals surface area contributed by atoms with Crippen molar-refractivity contribution in [2.45, 2.75) is 39.0 Å². The molecule has 1 aromatic heterocycles. The van der Waals surface area contributed by atoms with E-state index in [1.165, 1.54) is 0 Å². The van der Waals surface area contributed by atoms with E-state index in [1.54, 1.807) is 0 Å². The third-order valence-corrected chi connectivity index (χ3v) is 6.55. The number of hydrogen-bond acceptors (Lipinski definition) is 4. The Hall–Kier alpha value is -1.37. The van der Waals surface area contributed by atoms with Crippen molar-refractivity contribution < 1.29 is 13.2 Å². The first-order chi connectivity index (χ1) is 10.4. The molecular weight excluding hydrogens is 302 g/mol. The van der Waals surface area contributed by atoms with E-state index in [1.807, 2.05) is 0 Å². The Morgan fingerprint density at radius 3 is 2.77 bits per heavy atom. The summed E-state index contributed by atoms with van der Waals surface area (Å²) in [6.07, 6.45) is 4.26. The van der Waals surface area contributed by atoms with E-state index in [4.69, 9.17) is 0 Å². The highest BCUT2D eigenvalue weighted by molar-refractivity contribution is 7.91. The van der Waals surface area contributed by atoms with Crippen LogP contribution in [0.25, 0.3) is 0 Å². The van der Waals surface area contributed by atoms with Gasteiger partial charge in [0.15, 0.2) is 5.69 Å². The summed E-state index contributed by atoms with van der Waals surface area (Å²) in [5.41, 5.74) is 2.67. The largest absolute Gasteiger partial charge is 0.350 e. The number of aromatic amines is 1. The molecule has 0 spiro atoms. The minimum Gasteiger partial charge on any atom is -0.350 e. The summed E-state index contributed by atoms with van der Waals surface area (Å²) in [4.78, 5) is 12.3. The van der Waals surface area contributed by atoms with Crippen molar-refractivity contribution in [3.05, 3.63) is 17.0 Å². The van der Waals surface area contributed by atoms with Gasteiger partial charge in [0.25, 0.3) is 5.91 Å². The molecule has 0 bridgehead atoms. The third-order valence-electron chi connectivity index (χ3n) is 4.83. The number of hydrogen-bond donors (Lipinski definition) is 2. The molecule has 6 nitrogen and oxygen atoms in total. The zero-order chi connectivity index (χ0) is 15.7. The molecule has 1 aliphatic heterocycles. The fourth-order valence-electron chi connectivity index (χ4n) is 3.32. The van der Waals surface area contributed by atoms with Crippen LogP contribution in [0.1, 0.15) is 47.9 Å². The second-order valence-corrected chi connectivity index (χ2v) is 8.99. The highest BCUT2D eigenvalue weighted by Crippen LogP contribution is 2.26. The van der Waals surface area contributed by atoms with E-state index in [9.17, 15) is 13.2 Å². The van der Waals surface area contributed by atoms with Gasteiger partial charge in [0.05, 0.1) is 11.5 Å². The van der Waals surface area contributed by atoms with Gasteiger partial charge in [0.2, 0.25) is 0 Å². The van der Waals surface area contributed by atoms with Gasteiger partial charge in [-0.05, 0) is 43.9 Å². The van der Waals surface area contributed by atoms with Crippen LogP contribution in [0.3, 0.4) is 0 Å². The van der Waals surface area contributed by atoms with Crippen LogP contribution in [-0.2, 0) is 22.7 Å². The smallest absolute Gasteiger partial charge is 0.272 e. The molecule has 7 heteroatoms. The van der Waals surface area contributed by atoms with E-state index in [0.29, 0.717) is 31.0 Å². The summed E-state index contributed by atoms with van der Waals surface area (Å²) >= 11 is 0. The first-order valence-corrected chi connectivity index (χ1v) is 9.81. The van der Waals surface area contributed by atoms with Crippen LogP contribution in [0.4, 0.5) is 0 Å². The van der Waals surface area contributed by atoms with Crippen molar-refractivity contribution >= 4 is 15.7 Å². The van der Waals surface area contributed by atoms with Crippen LogP contribution in [0.5, 0.6) is 0 Å². The number of sulfone groups is 1. The number of fused-ring (bicyclic) bond motifs is 1. The minimum absolute atomic E-state index is 0.139. The number of amides is 1. The van der Waals surface area contributed by atoms with E-state index in [0.717, 1.165) is 30.5 Å². The summed E-state index contributed by atoms with van der Waals surface area (Å²) in [7, 11) is -2.85. The fraction of sp³-hybridized carbons (Fsp3) is 0.733. The van der Waals surface area contributed by atoms with Gasteiger partial charge >= 0.3 is 0 Å². The van der Waals surface area contributed by atoms with Gasteiger partial charge in [0.1, 0.15) is 9.84 Å². The predicted octanol–water partition coefficient (Wildman–Crippen LogP) is 1.09. The topological polar surface area (TPSA) is 91.9 Å². The lowest BCUT2D eigenvalue weighted by Crippen LogP contribution is -2.34. The predicted molar refractivity (Wildman–Crippen MR) is 83.5 cm³/mol. The Morgan fingerprint density at radius 1 is 1.32 bits per heavy atom. The lowest BCUT2D eigenvalue weighted by atomic mass is 9.87. The number of aryl methyl sites for hydroxylation is 1. The number of nitrogens with one attached hydrogen (secondary N) is 2. The van der Waals surface area contributed by atoms with Gasteiger partial charge in [-0.15, -0.1) is 0 Å². The molecule has 1 fully saturated rings. The Labute approximate surface area is 131 Å². The number of carbonyl (C=O) groups excluding carboxylic acids is 1. The van der Waals surface area contributed by atoms with Gasteiger partial charge in [-0.3, -0.25) is 9.89 Å². The molecule has 0 aromatic carbocycles. The molecule has 0 saturated carbocycles. The summed E-state index contributed by atoms with van der Waals surface area (Å²) in [6, 6.07) is 0. The highest BCUT2D eigenvalue weighted by atomic mass is 32.2. The molecule has 3 rings (SSSR count). The maximum atomic E-state index is 12.3. The lowest BCUT2D eigenvalue weighted by Gasteiger charge is -2.22. The molecule has 22 heavy (non-hydrogen) atoms. The van der Waals surface area contributed by atoms with E-state index in [-0.39, 0.29) is 23.3 Å². The molecule has 2 heterocycles. The Kier molecular flexibility index (Phi) is 4.25. The molecule has 0 radical (unpaired) electrons. The zero-order valence-corrected chi connectivity index (χ0v) is 13.7. The standard InChI is InChI=1S/C15H23N3O3S/c1-10-2-3-13-12(8-10)14(18-17-13)15(19)16-9-11-4-6-22(20,21)7-5-11/h10-11H,2-9H2,1H3,(H,16,19)(H,17,18)/t10-/m1/s1. The van der Waals surface area contributed by atoms with Gasteiger partial charge < -0.3 is 5.32 Å². The van der Waals surface area contributed by atoms with Gasteiger partial charge in [0, 0.05) is 17.8 Å². The molecule has 1 aromatic rings. The van der Waals surface area contributed by atoms with Crippen LogP contribution in [-0.4, -0.2) is 42.6 Å². The molecule has 1 atom stereocenters. The average Bonchev–Trinajstić information content (AvgIpc) is 2.89. The first-order valence-electron chi connectivity index (χ1n) is 7.99. The Bertz CT molecular complexity index is 652. The molecule has 1 saturated heterocycles. The van der Waals surface area contributed by atoms with E-state index >= 15 is 0 Å².